The molecule has 1 heterocycles. The molecule has 1 aromatic carbocycles. The summed E-state index contributed by atoms with van der Waals surface area (Å²) in [6, 6.07) is 5.92. The lowest BCUT2D eigenvalue weighted by Gasteiger charge is -2.28. The summed E-state index contributed by atoms with van der Waals surface area (Å²) in [6.45, 7) is 1.76. The molecule has 1 aromatic heterocycles. The number of hydrogen-bond acceptors (Lipinski definition) is 7. The van der Waals surface area contributed by atoms with Crippen LogP contribution < -0.4 is 20.7 Å². The minimum absolute atomic E-state index is 0.0276. The molecule has 11 heteroatoms. The maximum atomic E-state index is 12.5. The smallest absolute Gasteiger partial charge is 0.405 e. The lowest BCUT2D eigenvalue weighted by Crippen LogP contribution is -2.36. The van der Waals surface area contributed by atoms with E-state index >= 15 is 0 Å². The molecule has 2 aromatic rings. The van der Waals surface area contributed by atoms with E-state index < -0.39 is 6.36 Å². The molecule has 1 aliphatic rings. The fraction of sp³-hybridized carbons (Fsp3) is 0.500. The minimum Gasteiger partial charge on any atom is -0.405 e. The van der Waals surface area contributed by atoms with Gasteiger partial charge in [-0.2, -0.15) is 15.0 Å². The quantitative estimate of drug-likeness (QED) is 0.609. The molecule has 0 unspecified atom stereocenters. The maximum absolute atomic E-state index is 12.5. The van der Waals surface area contributed by atoms with Crippen molar-refractivity contribution in [3.63, 3.8) is 0 Å². The fourth-order valence-electron chi connectivity index (χ4n) is 3.54. The SMILES string of the molecule is CNc1nc(C)nc(N[C@H]2CC[C@@H](C(=O)NCc3ccccc3OC(F)(F)F)CC2)n1. The van der Waals surface area contributed by atoms with Gasteiger partial charge in [0, 0.05) is 31.1 Å². The predicted molar refractivity (Wildman–Crippen MR) is 108 cm³/mol. The van der Waals surface area contributed by atoms with Crippen molar-refractivity contribution in [3.8, 4) is 5.75 Å². The molecule has 168 valence electrons. The highest BCUT2D eigenvalue weighted by molar-refractivity contribution is 5.78. The highest BCUT2D eigenvalue weighted by Gasteiger charge is 2.32. The molecular weight excluding hydrogens is 413 g/mol. The van der Waals surface area contributed by atoms with Gasteiger partial charge in [0.05, 0.1) is 0 Å². The van der Waals surface area contributed by atoms with Gasteiger partial charge in [0.15, 0.2) is 0 Å². The second-order valence-corrected chi connectivity index (χ2v) is 7.35. The number of amides is 1. The van der Waals surface area contributed by atoms with Crippen LogP contribution in [0.1, 0.15) is 37.1 Å². The van der Waals surface area contributed by atoms with E-state index in [-0.39, 0.29) is 35.7 Å². The Hall–Kier alpha value is -3.11. The van der Waals surface area contributed by atoms with E-state index in [9.17, 15) is 18.0 Å². The van der Waals surface area contributed by atoms with E-state index in [1.165, 1.54) is 18.2 Å². The van der Waals surface area contributed by atoms with Crippen molar-refractivity contribution in [2.75, 3.05) is 17.7 Å². The van der Waals surface area contributed by atoms with Gasteiger partial charge in [-0.25, -0.2) is 0 Å². The Bertz CT molecular complexity index is 901. The van der Waals surface area contributed by atoms with E-state index in [0.717, 1.165) is 12.8 Å². The zero-order valence-corrected chi connectivity index (χ0v) is 17.3. The van der Waals surface area contributed by atoms with Crippen molar-refractivity contribution in [2.24, 2.45) is 5.92 Å². The Morgan fingerprint density at radius 3 is 2.45 bits per heavy atom. The minimum atomic E-state index is -4.78. The van der Waals surface area contributed by atoms with Crippen molar-refractivity contribution >= 4 is 17.8 Å². The van der Waals surface area contributed by atoms with Crippen LogP contribution in [0.5, 0.6) is 5.75 Å². The fourth-order valence-corrected chi connectivity index (χ4v) is 3.54. The third-order valence-corrected chi connectivity index (χ3v) is 5.05. The number of benzene rings is 1. The van der Waals surface area contributed by atoms with Crippen molar-refractivity contribution in [1.29, 1.82) is 0 Å². The van der Waals surface area contributed by atoms with E-state index in [2.05, 4.69) is 35.6 Å². The number of carbonyl (C=O) groups is 1. The summed E-state index contributed by atoms with van der Waals surface area (Å²) in [4.78, 5) is 25.2. The topological polar surface area (TPSA) is 101 Å². The Balaban J connectivity index is 1.49. The average molecular weight is 438 g/mol. The first kappa shape index (κ1) is 22.6. The summed E-state index contributed by atoms with van der Waals surface area (Å²) >= 11 is 0. The molecule has 0 saturated heterocycles. The van der Waals surface area contributed by atoms with Crippen LogP contribution in [-0.4, -0.2) is 40.3 Å². The zero-order valence-electron chi connectivity index (χ0n) is 17.3. The largest absolute Gasteiger partial charge is 0.573 e. The summed E-state index contributed by atoms with van der Waals surface area (Å²) in [6.07, 6.45) is -1.95. The van der Waals surface area contributed by atoms with Gasteiger partial charge in [0.1, 0.15) is 11.6 Å². The number of hydrogen-bond donors (Lipinski definition) is 3. The Morgan fingerprint density at radius 2 is 1.77 bits per heavy atom. The van der Waals surface area contributed by atoms with Crippen LogP contribution in [0.4, 0.5) is 25.1 Å². The molecule has 1 amide bonds. The molecule has 31 heavy (non-hydrogen) atoms. The van der Waals surface area contributed by atoms with Crippen molar-refractivity contribution in [2.45, 2.75) is 51.6 Å². The molecule has 0 atom stereocenters. The predicted octanol–water partition coefficient (Wildman–Crippen LogP) is 3.41. The molecular formula is C20H25F3N6O2. The summed E-state index contributed by atoms with van der Waals surface area (Å²) in [5.74, 6) is 0.904. The molecule has 3 N–H and O–H groups in total. The van der Waals surface area contributed by atoms with Gasteiger partial charge >= 0.3 is 6.36 Å². The van der Waals surface area contributed by atoms with Crippen molar-refractivity contribution in [1.82, 2.24) is 20.3 Å². The highest BCUT2D eigenvalue weighted by Crippen LogP contribution is 2.28. The highest BCUT2D eigenvalue weighted by atomic mass is 19.4. The number of halogens is 3. The van der Waals surface area contributed by atoms with Crippen LogP contribution in [0, 0.1) is 12.8 Å². The number of aromatic nitrogens is 3. The monoisotopic (exact) mass is 438 g/mol. The van der Waals surface area contributed by atoms with E-state index in [1.54, 1.807) is 20.0 Å². The third kappa shape index (κ3) is 6.69. The molecule has 0 bridgehead atoms. The van der Waals surface area contributed by atoms with Gasteiger partial charge < -0.3 is 20.7 Å². The van der Waals surface area contributed by atoms with Gasteiger partial charge in [0.25, 0.3) is 0 Å². The van der Waals surface area contributed by atoms with Crippen molar-refractivity contribution < 1.29 is 22.7 Å². The maximum Gasteiger partial charge on any atom is 0.573 e. The van der Waals surface area contributed by atoms with Crippen LogP contribution in [0.3, 0.4) is 0 Å². The molecule has 1 saturated carbocycles. The molecule has 0 spiro atoms. The number of para-hydroxylation sites is 1. The number of alkyl halides is 3. The van der Waals surface area contributed by atoms with Crippen molar-refractivity contribution in [3.05, 3.63) is 35.7 Å². The van der Waals surface area contributed by atoms with Gasteiger partial charge in [0.2, 0.25) is 17.8 Å². The zero-order chi connectivity index (χ0) is 22.4. The first-order chi connectivity index (χ1) is 14.7. The Kier molecular flexibility index (Phi) is 7.13. The van der Waals surface area contributed by atoms with Gasteiger partial charge in [-0.15, -0.1) is 13.2 Å². The lowest BCUT2D eigenvalue weighted by atomic mass is 9.85. The van der Waals surface area contributed by atoms with Crippen LogP contribution in [-0.2, 0) is 11.3 Å². The molecule has 1 fully saturated rings. The standard InChI is InChI=1S/C20H25F3N6O2/c1-12-26-18(24-2)29-19(27-12)28-15-9-7-13(8-10-15)17(30)25-11-14-5-3-4-6-16(14)31-20(21,22)23/h3-6,13,15H,7-11H2,1-2H3,(H,25,30)(H2,24,26,27,28,29)/t13-,15+. The Morgan fingerprint density at radius 1 is 1.10 bits per heavy atom. The first-order valence-electron chi connectivity index (χ1n) is 10.0. The van der Waals surface area contributed by atoms with Crippen LogP contribution in [0.2, 0.25) is 0 Å². The first-order valence-corrected chi connectivity index (χ1v) is 10.0. The molecule has 8 nitrogen and oxygen atoms in total. The number of aryl methyl sites for hydroxylation is 1. The second-order valence-electron chi connectivity index (χ2n) is 7.35. The molecule has 0 radical (unpaired) electrons. The van der Waals surface area contributed by atoms with Crippen LogP contribution in [0.25, 0.3) is 0 Å². The number of ether oxygens (including phenoxy) is 1. The summed E-state index contributed by atoms with van der Waals surface area (Å²) in [5, 5.41) is 8.90. The van der Waals surface area contributed by atoms with E-state index in [4.69, 9.17) is 0 Å². The number of carbonyl (C=O) groups excluding carboxylic acids is 1. The average Bonchev–Trinajstić information content (AvgIpc) is 2.72. The number of nitrogens with zero attached hydrogens (tertiary/aromatic N) is 3. The molecule has 3 rings (SSSR count). The molecule has 0 aliphatic heterocycles. The van der Waals surface area contributed by atoms with Gasteiger partial charge in [-0.1, -0.05) is 18.2 Å². The van der Waals surface area contributed by atoms with Crippen LogP contribution in [0.15, 0.2) is 24.3 Å². The summed E-state index contributed by atoms with van der Waals surface area (Å²) in [5.41, 5.74) is 0.272. The summed E-state index contributed by atoms with van der Waals surface area (Å²) in [7, 11) is 1.73. The van der Waals surface area contributed by atoms with E-state index in [1.807, 2.05) is 0 Å². The number of anilines is 2. The van der Waals surface area contributed by atoms with Crippen LogP contribution >= 0.6 is 0 Å². The Labute approximate surface area is 178 Å². The lowest BCUT2D eigenvalue weighted by molar-refractivity contribution is -0.274. The van der Waals surface area contributed by atoms with E-state index in [0.29, 0.717) is 30.6 Å². The normalized spacial score (nSPS) is 18.9. The summed E-state index contributed by atoms with van der Waals surface area (Å²) < 4.78 is 41.6. The number of rotatable bonds is 7. The van der Waals surface area contributed by atoms with Gasteiger partial charge in [-0.3, -0.25) is 4.79 Å². The third-order valence-electron chi connectivity index (χ3n) is 5.05. The van der Waals surface area contributed by atoms with Gasteiger partial charge in [-0.05, 0) is 38.7 Å². The second kappa shape index (κ2) is 9.80. The molecule has 1 aliphatic carbocycles. The number of nitrogens with one attached hydrogen (secondary N) is 3.